The van der Waals surface area contributed by atoms with E-state index in [0.29, 0.717) is 27.7 Å². The zero-order valence-corrected chi connectivity index (χ0v) is 11.8. The zero-order valence-electron chi connectivity index (χ0n) is 11.0. The van der Waals surface area contributed by atoms with Gasteiger partial charge in [-0.3, -0.25) is 4.79 Å². The predicted octanol–water partition coefficient (Wildman–Crippen LogP) is 2.04. The summed E-state index contributed by atoms with van der Waals surface area (Å²) in [6, 6.07) is 6.48. The van der Waals surface area contributed by atoms with Crippen molar-refractivity contribution in [3.05, 3.63) is 57.5 Å². The molecule has 4 nitrogen and oxygen atoms in total. The largest absolute Gasteiger partial charge is 0.396 e. The maximum atomic E-state index is 13.5. The van der Waals surface area contributed by atoms with Gasteiger partial charge in [-0.2, -0.15) is 0 Å². The molecule has 2 rings (SSSR count). The van der Waals surface area contributed by atoms with Gasteiger partial charge in [0.15, 0.2) is 0 Å². The number of nitrogens with zero attached hydrogens (tertiary/aromatic N) is 1. The lowest BCUT2D eigenvalue weighted by Gasteiger charge is -2.06. The fourth-order valence-electron chi connectivity index (χ4n) is 1.85. The summed E-state index contributed by atoms with van der Waals surface area (Å²) in [6.07, 6.45) is 0.287. The van der Waals surface area contributed by atoms with Crippen molar-refractivity contribution in [2.75, 3.05) is 6.61 Å². The van der Waals surface area contributed by atoms with Crippen molar-refractivity contribution in [1.29, 1.82) is 0 Å². The number of aliphatic hydroxyl groups excluding tert-OH is 1. The zero-order chi connectivity index (χ0) is 14.5. The number of aromatic nitrogens is 2. The fraction of sp³-hybridized carbons (Fsp3) is 0.286. The molecule has 0 spiro atoms. The van der Waals surface area contributed by atoms with Gasteiger partial charge in [-0.15, -0.1) is 11.8 Å². The van der Waals surface area contributed by atoms with Crippen LogP contribution >= 0.6 is 11.8 Å². The predicted molar refractivity (Wildman–Crippen MR) is 76.3 cm³/mol. The molecule has 1 aromatic carbocycles. The monoisotopic (exact) mass is 294 g/mol. The van der Waals surface area contributed by atoms with Gasteiger partial charge in [0.05, 0.1) is 5.75 Å². The van der Waals surface area contributed by atoms with Crippen LogP contribution in [0.4, 0.5) is 4.39 Å². The fourth-order valence-corrected chi connectivity index (χ4v) is 2.66. The molecule has 1 aromatic heterocycles. The molecule has 0 aliphatic rings. The molecule has 0 atom stereocenters. The van der Waals surface area contributed by atoms with Crippen LogP contribution in [0.2, 0.25) is 0 Å². The second kappa shape index (κ2) is 6.67. The molecule has 2 N–H and O–H groups in total. The third kappa shape index (κ3) is 3.46. The molecule has 2 aromatic rings. The van der Waals surface area contributed by atoms with Crippen LogP contribution in [0, 0.1) is 12.7 Å². The topological polar surface area (TPSA) is 66.0 Å². The minimum Gasteiger partial charge on any atom is -0.396 e. The summed E-state index contributed by atoms with van der Waals surface area (Å²) in [6.45, 7) is 1.65. The molecule has 0 radical (unpaired) electrons. The van der Waals surface area contributed by atoms with E-state index in [1.165, 1.54) is 17.8 Å². The van der Waals surface area contributed by atoms with E-state index in [0.717, 1.165) is 0 Å². The Hall–Kier alpha value is -1.66. The average Bonchev–Trinajstić information content (AvgIpc) is 2.42. The van der Waals surface area contributed by atoms with Gasteiger partial charge < -0.3 is 10.1 Å². The molecule has 6 heteroatoms. The van der Waals surface area contributed by atoms with E-state index in [4.69, 9.17) is 5.11 Å². The smallest absolute Gasteiger partial charge is 0.254 e. The molecule has 0 aliphatic heterocycles. The number of aryl methyl sites for hydroxylation is 1. The number of H-pyrrole nitrogens is 1. The summed E-state index contributed by atoms with van der Waals surface area (Å²) < 4.78 is 13.5. The van der Waals surface area contributed by atoms with E-state index < -0.39 is 0 Å². The van der Waals surface area contributed by atoms with Gasteiger partial charge in [-0.25, -0.2) is 9.37 Å². The third-order valence-electron chi connectivity index (χ3n) is 2.83. The van der Waals surface area contributed by atoms with Gasteiger partial charge in [-0.1, -0.05) is 12.1 Å². The summed E-state index contributed by atoms with van der Waals surface area (Å²) in [7, 11) is 0. The van der Waals surface area contributed by atoms with Gasteiger partial charge in [0.1, 0.15) is 11.6 Å². The SMILES string of the molecule is Cc1nc(CSc2ccccc2F)[nH]c(=O)c1CCO. The van der Waals surface area contributed by atoms with Crippen LogP contribution in [0.15, 0.2) is 34.0 Å². The van der Waals surface area contributed by atoms with Crippen LogP contribution < -0.4 is 5.56 Å². The minimum absolute atomic E-state index is 0.0884. The first-order valence-electron chi connectivity index (χ1n) is 6.18. The van der Waals surface area contributed by atoms with E-state index in [2.05, 4.69) is 9.97 Å². The van der Waals surface area contributed by atoms with E-state index in [1.54, 1.807) is 25.1 Å². The molecule has 0 bridgehead atoms. The molecule has 0 saturated carbocycles. The van der Waals surface area contributed by atoms with Crippen LogP contribution in [0.1, 0.15) is 17.1 Å². The number of halogens is 1. The number of hydrogen-bond donors (Lipinski definition) is 2. The second-order valence-corrected chi connectivity index (χ2v) is 5.29. The summed E-state index contributed by atoms with van der Waals surface area (Å²) in [5, 5.41) is 8.89. The molecule has 20 heavy (non-hydrogen) atoms. The number of hydrogen-bond acceptors (Lipinski definition) is 4. The number of aromatic amines is 1. The third-order valence-corrected chi connectivity index (χ3v) is 3.89. The molecular weight excluding hydrogens is 279 g/mol. The molecule has 106 valence electrons. The van der Waals surface area contributed by atoms with Crippen molar-refractivity contribution in [3.63, 3.8) is 0 Å². The maximum Gasteiger partial charge on any atom is 0.254 e. The molecular formula is C14H15FN2O2S. The number of benzene rings is 1. The maximum absolute atomic E-state index is 13.5. The van der Waals surface area contributed by atoms with Gasteiger partial charge in [0.2, 0.25) is 0 Å². The Kier molecular flexibility index (Phi) is 4.92. The summed E-state index contributed by atoms with van der Waals surface area (Å²) in [5.41, 5.74) is 0.856. The highest BCUT2D eigenvalue weighted by Crippen LogP contribution is 2.23. The van der Waals surface area contributed by atoms with E-state index >= 15 is 0 Å². The van der Waals surface area contributed by atoms with Crippen molar-refractivity contribution >= 4 is 11.8 Å². The highest BCUT2D eigenvalue weighted by Gasteiger charge is 2.09. The van der Waals surface area contributed by atoms with E-state index in [-0.39, 0.29) is 24.4 Å². The van der Waals surface area contributed by atoms with Crippen molar-refractivity contribution in [2.45, 2.75) is 24.0 Å². The number of nitrogens with one attached hydrogen (secondary N) is 1. The Bertz CT molecular complexity index is 658. The Labute approximate surface area is 120 Å². The molecule has 0 aliphatic carbocycles. The standard InChI is InChI=1S/C14H15FN2O2S/c1-9-10(6-7-18)14(19)17-13(16-9)8-20-12-5-3-2-4-11(12)15/h2-5,18H,6-8H2,1H3,(H,16,17,19). The molecule has 0 saturated heterocycles. The van der Waals surface area contributed by atoms with Crippen molar-refractivity contribution in [1.82, 2.24) is 9.97 Å². The Morgan fingerprint density at radius 2 is 2.15 bits per heavy atom. The molecule has 1 heterocycles. The van der Waals surface area contributed by atoms with Crippen molar-refractivity contribution < 1.29 is 9.50 Å². The minimum atomic E-state index is -0.284. The number of aliphatic hydroxyl groups is 1. The first-order valence-corrected chi connectivity index (χ1v) is 7.17. The van der Waals surface area contributed by atoms with Gasteiger partial charge in [-0.05, 0) is 19.1 Å². The lowest BCUT2D eigenvalue weighted by molar-refractivity contribution is 0.298. The van der Waals surface area contributed by atoms with Crippen LogP contribution in [0.25, 0.3) is 0 Å². The Balaban J connectivity index is 2.15. The van der Waals surface area contributed by atoms with Crippen LogP contribution in [-0.4, -0.2) is 21.7 Å². The number of rotatable bonds is 5. The number of thioether (sulfide) groups is 1. The highest BCUT2D eigenvalue weighted by molar-refractivity contribution is 7.98. The van der Waals surface area contributed by atoms with E-state index in [1.807, 2.05) is 0 Å². The van der Waals surface area contributed by atoms with Gasteiger partial charge >= 0.3 is 0 Å². The van der Waals surface area contributed by atoms with Crippen LogP contribution in [0.5, 0.6) is 0 Å². The average molecular weight is 294 g/mol. The summed E-state index contributed by atoms with van der Waals surface area (Å²) >= 11 is 1.28. The van der Waals surface area contributed by atoms with E-state index in [9.17, 15) is 9.18 Å². The summed E-state index contributed by atoms with van der Waals surface area (Å²) in [4.78, 5) is 19.3. The molecule has 0 fully saturated rings. The first kappa shape index (κ1) is 14.7. The van der Waals surface area contributed by atoms with Crippen molar-refractivity contribution in [2.24, 2.45) is 0 Å². The Morgan fingerprint density at radius 3 is 2.80 bits per heavy atom. The molecule has 0 amide bonds. The van der Waals surface area contributed by atoms with Crippen LogP contribution in [0.3, 0.4) is 0 Å². The quantitative estimate of drug-likeness (QED) is 0.828. The van der Waals surface area contributed by atoms with Crippen molar-refractivity contribution in [3.8, 4) is 0 Å². The Morgan fingerprint density at radius 1 is 1.40 bits per heavy atom. The van der Waals surface area contributed by atoms with Gasteiger partial charge in [0, 0.05) is 29.2 Å². The summed E-state index contributed by atoms with van der Waals surface area (Å²) in [5.74, 6) is 0.604. The first-order chi connectivity index (χ1) is 9.61. The second-order valence-electron chi connectivity index (χ2n) is 4.27. The lowest BCUT2D eigenvalue weighted by Crippen LogP contribution is -2.19. The highest BCUT2D eigenvalue weighted by atomic mass is 32.2. The lowest BCUT2D eigenvalue weighted by atomic mass is 10.2. The molecule has 0 unspecified atom stereocenters. The van der Waals surface area contributed by atoms with Crippen LogP contribution in [-0.2, 0) is 12.2 Å². The van der Waals surface area contributed by atoms with Gasteiger partial charge in [0.25, 0.3) is 5.56 Å². The normalized spacial score (nSPS) is 10.8.